The van der Waals surface area contributed by atoms with Crippen molar-refractivity contribution in [1.82, 2.24) is 9.78 Å². The lowest BCUT2D eigenvalue weighted by molar-refractivity contribution is 0.414. The van der Waals surface area contributed by atoms with Gasteiger partial charge in [0, 0.05) is 18.3 Å². The standard InChI is InChI=1S/C15H21N3O/c1-4-12-8-13(5-2)18(17-12)15-9-14(19-3)7-6-11(15)10-16/h6-9H,4-5,10,16H2,1-3H3. The van der Waals surface area contributed by atoms with E-state index in [2.05, 4.69) is 25.0 Å². The molecule has 0 aliphatic carbocycles. The third-order valence-electron chi connectivity index (χ3n) is 3.30. The number of benzene rings is 1. The second-order valence-corrected chi connectivity index (χ2v) is 4.44. The molecule has 1 aromatic heterocycles. The van der Waals surface area contributed by atoms with Gasteiger partial charge in [-0.15, -0.1) is 0 Å². The number of aromatic nitrogens is 2. The Balaban J connectivity index is 2.58. The molecule has 2 aromatic rings. The Morgan fingerprint density at radius 2 is 2.00 bits per heavy atom. The van der Waals surface area contributed by atoms with Crippen LogP contribution in [0.25, 0.3) is 5.69 Å². The molecule has 0 fully saturated rings. The number of ether oxygens (including phenoxy) is 1. The van der Waals surface area contributed by atoms with Gasteiger partial charge in [0.2, 0.25) is 0 Å². The van der Waals surface area contributed by atoms with Crippen molar-refractivity contribution in [2.75, 3.05) is 7.11 Å². The highest BCUT2D eigenvalue weighted by atomic mass is 16.5. The third kappa shape index (κ3) is 2.63. The summed E-state index contributed by atoms with van der Waals surface area (Å²) in [6.07, 6.45) is 1.87. The minimum absolute atomic E-state index is 0.490. The average molecular weight is 259 g/mol. The molecule has 1 aromatic carbocycles. The van der Waals surface area contributed by atoms with Crippen LogP contribution >= 0.6 is 0 Å². The summed E-state index contributed by atoms with van der Waals surface area (Å²) in [5, 5.41) is 4.66. The monoisotopic (exact) mass is 259 g/mol. The number of methoxy groups -OCH3 is 1. The van der Waals surface area contributed by atoms with Crippen molar-refractivity contribution < 1.29 is 4.74 Å². The van der Waals surface area contributed by atoms with Crippen molar-refractivity contribution >= 4 is 0 Å². The van der Waals surface area contributed by atoms with E-state index in [1.165, 1.54) is 5.69 Å². The van der Waals surface area contributed by atoms with Crippen LogP contribution in [0, 0.1) is 0 Å². The van der Waals surface area contributed by atoms with Crippen LogP contribution in [0.3, 0.4) is 0 Å². The van der Waals surface area contributed by atoms with E-state index in [0.29, 0.717) is 6.54 Å². The lowest BCUT2D eigenvalue weighted by atomic mass is 10.1. The molecule has 0 spiro atoms. The predicted molar refractivity (Wildman–Crippen MR) is 76.8 cm³/mol. The van der Waals surface area contributed by atoms with E-state index >= 15 is 0 Å². The van der Waals surface area contributed by atoms with Crippen molar-refractivity contribution in [1.29, 1.82) is 0 Å². The van der Waals surface area contributed by atoms with Crippen LogP contribution in [-0.2, 0) is 19.4 Å². The van der Waals surface area contributed by atoms with Gasteiger partial charge >= 0.3 is 0 Å². The van der Waals surface area contributed by atoms with Gasteiger partial charge in [0.05, 0.1) is 18.5 Å². The van der Waals surface area contributed by atoms with Crippen LogP contribution in [0.5, 0.6) is 5.75 Å². The van der Waals surface area contributed by atoms with Gasteiger partial charge in [-0.1, -0.05) is 19.9 Å². The molecule has 0 bridgehead atoms. The molecule has 0 aliphatic heterocycles. The Labute approximate surface area is 114 Å². The van der Waals surface area contributed by atoms with E-state index < -0.39 is 0 Å². The third-order valence-corrected chi connectivity index (χ3v) is 3.30. The Morgan fingerprint density at radius 3 is 2.58 bits per heavy atom. The average Bonchev–Trinajstić information content (AvgIpc) is 2.89. The minimum atomic E-state index is 0.490. The van der Waals surface area contributed by atoms with E-state index in [1.54, 1.807) is 7.11 Å². The number of nitrogens with two attached hydrogens (primary N) is 1. The lowest BCUT2D eigenvalue weighted by Gasteiger charge is -2.12. The Bertz CT molecular complexity index is 561. The Kier molecular flexibility index (Phi) is 4.22. The molecule has 0 unspecified atom stereocenters. The number of hydrogen-bond donors (Lipinski definition) is 1. The summed E-state index contributed by atoms with van der Waals surface area (Å²) >= 11 is 0. The van der Waals surface area contributed by atoms with Crippen LogP contribution in [0.4, 0.5) is 0 Å². The van der Waals surface area contributed by atoms with Crippen molar-refractivity contribution in [2.45, 2.75) is 33.2 Å². The summed E-state index contributed by atoms with van der Waals surface area (Å²) < 4.78 is 7.29. The highest BCUT2D eigenvalue weighted by molar-refractivity contribution is 5.47. The predicted octanol–water partition coefficient (Wildman–Crippen LogP) is 2.46. The maximum Gasteiger partial charge on any atom is 0.121 e. The largest absolute Gasteiger partial charge is 0.497 e. The van der Waals surface area contributed by atoms with Gasteiger partial charge in [0.25, 0.3) is 0 Å². The lowest BCUT2D eigenvalue weighted by Crippen LogP contribution is -2.08. The molecule has 19 heavy (non-hydrogen) atoms. The smallest absolute Gasteiger partial charge is 0.121 e. The Morgan fingerprint density at radius 1 is 1.21 bits per heavy atom. The number of aryl methyl sites for hydroxylation is 2. The van der Waals surface area contributed by atoms with Crippen molar-refractivity contribution in [3.05, 3.63) is 41.2 Å². The summed E-state index contributed by atoms with van der Waals surface area (Å²) in [7, 11) is 1.67. The van der Waals surface area contributed by atoms with E-state index in [4.69, 9.17) is 10.5 Å². The van der Waals surface area contributed by atoms with E-state index in [0.717, 1.165) is 35.5 Å². The molecule has 0 saturated heterocycles. The molecular weight excluding hydrogens is 238 g/mol. The second kappa shape index (κ2) is 5.89. The molecule has 0 radical (unpaired) electrons. The van der Waals surface area contributed by atoms with Crippen molar-refractivity contribution in [3.63, 3.8) is 0 Å². The number of hydrogen-bond acceptors (Lipinski definition) is 3. The van der Waals surface area contributed by atoms with Gasteiger partial charge in [-0.05, 0) is 30.5 Å². The van der Waals surface area contributed by atoms with Crippen LogP contribution < -0.4 is 10.5 Å². The van der Waals surface area contributed by atoms with Gasteiger partial charge in [-0.2, -0.15) is 5.10 Å². The quantitative estimate of drug-likeness (QED) is 0.897. The molecule has 0 amide bonds. The fraction of sp³-hybridized carbons (Fsp3) is 0.400. The highest BCUT2D eigenvalue weighted by Crippen LogP contribution is 2.23. The van der Waals surface area contributed by atoms with Crippen LogP contribution in [0.15, 0.2) is 24.3 Å². The van der Waals surface area contributed by atoms with Crippen LogP contribution in [-0.4, -0.2) is 16.9 Å². The first-order valence-corrected chi connectivity index (χ1v) is 6.68. The fourth-order valence-electron chi connectivity index (χ4n) is 2.15. The van der Waals surface area contributed by atoms with Crippen molar-refractivity contribution in [2.24, 2.45) is 5.73 Å². The molecular formula is C15H21N3O. The molecule has 2 rings (SSSR count). The normalized spacial score (nSPS) is 10.7. The molecule has 0 atom stereocenters. The zero-order valence-corrected chi connectivity index (χ0v) is 11.8. The topological polar surface area (TPSA) is 53.1 Å². The first kappa shape index (κ1) is 13.6. The SMILES string of the molecule is CCc1cc(CC)n(-c2cc(OC)ccc2CN)n1. The summed E-state index contributed by atoms with van der Waals surface area (Å²) in [6.45, 7) is 4.74. The summed E-state index contributed by atoms with van der Waals surface area (Å²) in [4.78, 5) is 0. The van der Waals surface area contributed by atoms with Gasteiger partial charge in [-0.25, -0.2) is 4.68 Å². The van der Waals surface area contributed by atoms with E-state index in [9.17, 15) is 0 Å². The maximum atomic E-state index is 5.83. The minimum Gasteiger partial charge on any atom is -0.497 e. The maximum absolute atomic E-state index is 5.83. The van der Waals surface area contributed by atoms with Gasteiger partial charge < -0.3 is 10.5 Å². The summed E-state index contributed by atoms with van der Waals surface area (Å²) in [5.74, 6) is 0.822. The zero-order chi connectivity index (χ0) is 13.8. The Hall–Kier alpha value is -1.81. The summed E-state index contributed by atoms with van der Waals surface area (Å²) in [6, 6.07) is 8.08. The molecule has 1 heterocycles. The molecule has 0 aliphatic rings. The van der Waals surface area contributed by atoms with Gasteiger partial charge in [-0.3, -0.25) is 0 Å². The number of nitrogens with zero attached hydrogens (tertiary/aromatic N) is 2. The first-order valence-electron chi connectivity index (χ1n) is 6.68. The van der Waals surface area contributed by atoms with Crippen LogP contribution in [0.1, 0.15) is 30.8 Å². The fourth-order valence-corrected chi connectivity index (χ4v) is 2.15. The summed E-state index contributed by atoms with van der Waals surface area (Å²) in [5.41, 5.74) is 10.2. The highest BCUT2D eigenvalue weighted by Gasteiger charge is 2.11. The molecule has 102 valence electrons. The van der Waals surface area contributed by atoms with Crippen molar-refractivity contribution in [3.8, 4) is 11.4 Å². The van der Waals surface area contributed by atoms with E-state index in [-0.39, 0.29) is 0 Å². The second-order valence-electron chi connectivity index (χ2n) is 4.44. The zero-order valence-electron chi connectivity index (χ0n) is 11.8. The molecule has 4 nitrogen and oxygen atoms in total. The van der Waals surface area contributed by atoms with Gasteiger partial charge in [0.15, 0.2) is 0 Å². The van der Waals surface area contributed by atoms with Crippen LogP contribution in [0.2, 0.25) is 0 Å². The first-order chi connectivity index (χ1) is 9.23. The molecule has 0 saturated carbocycles. The van der Waals surface area contributed by atoms with E-state index in [1.807, 2.05) is 22.9 Å². The molecule has 4 heteroatoms. The molecule has 2 N–H and O–H groups in total. The van der Waals surface area contributed by atoms with Gasteiger partial charge in [0.1, 0.15) is 5.75 Å². The number of rotatable bonds is 5.